The smallest absolute Gasteiger partial charge is 0.00949 e. The minimum absolute atomic E-state index is 0.502. The van der Waals surface area contributed by atoms with Gasteiger partial charge in [0.15, 0.2) is 0 Å². The fourth-order valence-electron chi connectivity index (χ4n) is 2.64. The topological polar surface area (TPSA) is 0 Å². The molecule has 3 aliphatic carbocycles. The quantitative estimate of drug-likeness (QED) is 0.464. The highest BCUT2D eigenvalue weighted by molar-refractivity contribution is 5.15. The van der Waals surface area contributed by atoms with Crippen LogP contribution in [0.2, 0.25) is 0 Å². The molecule has 0 nitrogen and oxygen atoms in total. The number of hydrogen-bond donors (Lipinski definition) is 0. The standard InChI is InChI=1S/C11H18/c1-10(2)8-9-4-6-11(10,3)7-5-9/h4,6,9H,5,7-8H2,1-3H3. The van der Waals surface area contributed by atoms with Crippen molar-refractivity contribution in [3.8, 4) is 0 Å². The van der Waals surface area contributed by atoms with Crippen molar-refractivity contribution in [1.82, 2.24) is 0 Å². The summed E-state index contributed by atoms with van der Waals surface area (Å²) in [5.41, 5.74) is 1.05. The molecular formula is C11H18. The Kier molecular flexibility index (Phi) is 1.28. The van der Waals surface area contributed by atoms with Crippen molar-refractivity contribution >= 4 is 0 Å². The van der Waals surface area contributed by atoms with Crippen molar-refractivity contribution in [1.29, 1.82) is 0 Å². The van der Waals surface area contributed by atoms with E-state index in [4.69, 9.17) is 0 Å². The molecule has 0 spiro atoms. The third-order valence-electron chi connectivity index (χ3n) is 4.09. The third-order valence-corrected chi connectivity index (χ3v) is 4.09. The van der Waals surface area contributed by atoms with Crippen LogP contribution in [-0.4, -0.2) is 0 Å². The Labute approximate surface area is 69.7 Å². The summed E-state index contributed by atoms with van der Waals surface area (Å²) < 4.78 is 0. The van der Waals surface area contributed by atoms with Crippen LogP contribution in [0.25, 0.3) is 0 Å². The average Bonchev–Trinajstić information content (AvgIpc) is 1.91. The zero-order valence-corrected chi connectivity index (χ0v) is 7.85. The highest BCUT2D eigenvalue weighted by atomic mass is 14.5. The van der Waals surface area contributed by atoms with Gasteiger partial charge in [0.1, 0.15) is 0 Å². The Hall–Kier alpha value is -0.260. The fraction of sp³-hybridized carbons (Fsp3) is 0.818. The minimum atomic E-state index is 0.502. The summed E-state index contributed by atoms with van der Waals surface area (Å²) >= 11 is 0. The number of hydrogen-bond acceptors (Lipinski definition) is 0. The van der Waals surface area contributed by atoms with Crippen LogP contribution in [-0.2, 0) is 0 Å². The van der Waals surface area contributed by atoms with Gasteiger partial charge in [-0.2, -0.15) is 0 Å². The van der Waals surface area contributed by atoms with Crippen LogP contribution >= 0.6 is 0 Å². The lowest BCUT2D eigenvalue weighted by Gasteiger charge is -2.52. The van der Waals surface area contributed by atoms with Crippen molar-refractivity contribution in [3.63, 3.8) is 0 Å². The zero-order valence-electron chi connectivity index (χ0n) is 7.85. The SMILES string of the molecule is CC1(C)CC2C=CC1(C)CC2. The largest absolute Gasteiger partial charge is 0.0848 e. The summed E-state index contributed by atoms with van der Waals surface area (Å²) in [4.78, 5) is 0. The monoisotopic (exact) mass is 150 g/mol. The second-order valence-electron chi connectivity index (χ2n) is 5.16. The van der Waals surface area contributed by atoms with Gasteiger partial charge in [-0.1, -0.05) is 32.9 Å². The highest BCUT2D eigenvalue weighted by Gasteiger charge is 2.46. The molecule has 0 heteroatoms. The van der Waals surface area contributed by atoms with E-state index in [-0.39, 0.29) is 0 Å². The van der Waals surface area contributed by atoms with Gasteiger partial charge in [-0.15, -0.1) is 0 Å². The van der Waals surface area contributed by atoms with Crippen LogP contribution in [0.5, 0.6) is 0 Å². The van der Waals surface area contributed by atoms with Gasteiger partial charge in [-0.3, -0.25) is 0 Å². The Morgan fingerprint density at radius 2 is 2.00 bits per heavy atom. The molecule has 2 bridgehead atoms. The molecule has 0 amide bonds. The molecular weight excluding hydrogens is 132 g/mol. The number of fused-ring (bicyclic) bond motifs is 2. The van der Waals surface area contributed by atoms with Crippen LogP contribution in [0.3, 0.4) is 0 Å². The lowest BCUT2D eigenvalue weighted by atomic mass is 9.53. The van der Waals surface area contributed by atoms with Gasteiger partial charge in [-0.25, -0.2) is 0 Å². The molecule has 11 heavy (non-hydrogen) atoms. The van der Waals surface area contributed by atoms with Crippen LogP contribution in [0.4, 0.5) is 0 Å². The Balaban J connectivity index is 2.39. The maximum Gasteiger partial charge on any atom is -0.00949 e. The lowest BCUT2D eigenvalue weighted by molar-refractivity contribution is 0.0427. The first-order valence-corrected chi connectivity index (χ1v) is 4.73. The first kappa shape index (κ1) is 7.39. The first-order chi connectivity index (χ1) is 5.04. The first-order valence-electron chi connectivity index (χ1n) is 4.73. The van der Waals surface area contributed by atoms with E-state index in [2.05, 4.69) is 32.9 Å². The molecule has 1 saturated carbocycles. The van der Waals surface area contributed by atoms with E-state index in [1.54, 1.807) is 0 Å². The van der Waals surface area contributed by atoms with Gasteiger partial charge in [0.25, 0.3) is 0 Å². The van der Waals surface area contributed by atoms with E-state index in [1.807, 2.05) is 0 Å². The van der Waals surface area contributed by atoms with Crippen molar-refractivity contribution in [2.24, 2.45) is 16.7 Å². The molecule has 0 aliphatic heterocycles. The fourth-order valence-corrected chi connectivity index (χ4v) is 2.64. The van der Waals surface area contributed by atoms with Gasteiger partial charge >= 0.3 is 0 Å². The second kappa shape index (κ2) is 1.91. The molecule has 2 atom stereocenters. The predicted molar refractivity (Wildman–Crippen MR) is 48.4 cm³/mol. The molecule has 0 heterocycles. The summed E-state index contributed by atoms with van der Waals surface area (Å²) in [7, 11) is 0. The van der Waals surface area contributed by atoms with Crippen LogP contribution < -0.4 is 0 Å². The zero-order chi connectivity index (χ0) is 8.11. The molecule has 0 N–H and O–H groups in total. The summed E-state index contributed by atoms with van der Waals surface area (Å²) in [6, 6.07) is 0. The van der Waals surface area contributed by atoms with Gasteiger partial charge in [0.05, 0.1) is 0 Å². The van der Waals surface area contributed by atoms with E-state index >= 15 is 0 Å². The lowest BCUT2D eigenvalue weighted by Crippen LogP contribution is -2.42. The van der Waals surface area contributed by atoms with Crippen LogP contribution in [0.15, 0.2) is 12.2 Å². The molecule has 0 aromatic heterocycles. The number of allylic oxidation sites excluding steroid dienone is 2. The molecule has 0 aromatic carbocycles. The Bertz CT molecular complexity index is 200. The summed E-state index contributed by atoms with van der Waals surface area (Å²) in [5.74, 6) is 0.895. The molecule has 62 valence electrons. The van der Waals surface area contributed by atoms with Crippen molar-refractivity contribution in [2.75, 3.05) is 0 Å². The van der Waals surface area contributed by atoms with E-state index in [0.717, 1.165) is 5.92 Å². The van der Waals surface area contributed by atoms with Gasteiger partial charge < -0.3 is 0 Å². The maximum atomic E-state index is 2.46. The summed E-state index contributed by atoms with van der Waals surface area (Å²) in [5, 5.41) is 0. The average molecular weight is 150 g/mol. The Morgan fingerprint density at radius 3 is 2.27 bits per heavy atom. The van der Waals surface area contributed by atoms with E-state index in [1.165, 1.54) is 19.3 Å². The molecule has 0 saturated heterocycles. The molecule has 1 fully saturated rings. The van der Waals surface area contributed by atoms with Crippen molar-refractivity contribution in [2.45, 2.75) is 40.0 Å². The van der Waals surface area contributed by atoms with Crippen LogP contribution in [0, 0.1) is 16.7 Å². The van der Waals surface area contributed by atoms with Gasteiger partial charge in [0, 0.05) is 0 Å². The van der Waals surface area contributed by atoms with E-state index < -0.39 is 0 Å². The number of rotatable bonds is 0. The van der Waals surface area contributed by atoms with E-state index in [0.29, 0.717) is 10.8 Å². The predicted octanol–water partition coefficient (Wildman–Crippen LogP) is 3.39. The third kappa shape index (κ3) is 0.881. The molecule has 3 rings (SSSR count). The van der Waals surface area contributed by atoms with Gasteiger partial charge in [0.2, 0.25) is 0 Å². The molecule has 3 aliphatic rings. The Morgan fingerprint density at radius 1 is 1.27 bits per heavy atom. The van der Waals surface area contributed by atoms with E-state index in [9.17, 15) is 0 Å². The molecule has 0 radical (unpaired) electrons. The van der Waals surface area contributed by atoms with Crippen molar-refractivity contribution in [3.05, 3.63) is 12.2 Å². The summed E-state index contributed by atoms with van der Waals surface area (Å²) in [6.07, 6.45) is 9.14. The van der Waals surface area contributed by atoms with Gasteiger partial charge in [-0.05, 0) is 36.0 Å². The molecule has 2 unspecified atom stereocenters. The van der Waals surface area contributed by atoms with Crippen LogP contribution in [0.1, 0.15) is 40.0 Å². The maximum absolute atomic E-state index is 2.46. The molecule has 0 aromatic rings. The highest BCUT2D eigenvalue weighted by Crippen LogP contribution is 2.56. The summed E-state index contributed by atoms with van der Waals surface area (Å²) in [6.45, 7) is 7.25. The minimum Gasteiger partial charge on any atom is -0.0848 e. The van der Waals surface area contributed by atoms with Crippen molar-refractivity contribution < 1.29 is 0 Å². The second-order valence-corrected chi connectivity index (χ2v) is 5.16. The normalized spacial score (nSPS) is 46.3.